The quantitative estimate of drug-likeness (QED) is 0.616. The molecule has 0 saturated heterocycles. The topological polar surface area (TPSA) is 47.6 Å². The maximum atomic E-state index is 12.7. The van der Waals surface area contributed by atoms with E-state index in [0.29, 0.717) is 12.3 Å². The highest BCUT2D eigenvalue weighted by Gasteiger charge is 2.00. The summed E-state index contributed by atoms with van der Waals surface area (Å²) >= 11 is 0. The summed E-state index contributed by atoms with van der Waals surface area (Å²) in [7, 11) is 0. The van der Waals surface area contributed by atoms with Crippen molar-refractivity contribution in [2.24, 2.45) is 10.9 Å². The summed E-state index contributed by atoms with van der Waals surface area (Å²) < 4.78 is 12.7. The first-order valence-electron chi connectivity index (χ1n) is 5.31. The number of halogens is 1. The third kappa shape index (κ3) is 3.98. The number of nitrogens with zero attached hydrogens (tertiary/aromatic N) is 1. The van der Waals surface area contributed by atoms with Crippen LogP contribution in [0.3, 0.4) is 0 Å². The molecular weight excluding hydrogens is 207 g/mol. The van der Waals surface area contributed by atoms with E-state index in [1.54, 1.807) is 12.1 Å². The zero-order valence-corrected chi connectivity index (χ0v) is 9.61. The van der Waals surface area contributed by atoms with Gasteiger partial charge in [0.2, 0.25) is 0 Å². The lowest BCUT2D eigenvalue weighted by Gasteiger charge is -2.07. The highest BCUT2D eigenvalue weighted by atomic mass is 19.1. The highest BCUT2D eigenvalue weighted by molar-refractivity contribution is 5.98. The second-order valence-electron chi connectivity index (χ2n) is 3.65. The van der Waals surface area contributed by atoms with Crippen LogP contribution in [0.2, 0.25) is 0 Å². The number of oxime groups is 1. The Balaban J connectivity index is 2.53. The van der Waals surface area contributed by atoms with Crippen molar-refractivity contribution in [1.29, 1.82) is 0 Å². The van der Waals surface area contributed by atoms with Crippen molar-refractivity contribution >= 4 is 5.71 Å². The fourth-order valence-corrected chi connectivity index (χ4v) is 1.09. The molecular formula is C12H17FN2O. The van der Waals surface area contributed by atoms with Gasteiger partial charge in [0.15, 0.2) is 0 Å². The van der Waals surface area contributed by atoms with E-state index in [1.807, 2.05) is 13.8 Å². The van der Waals surface area contributed by atoms with Gasteiger partial charge in [-0.1, -0.05) is 24.2 Å². The molecule has 1 unspecified atom stereocenters. The Hall–Kier alpha value is -1.42. The average molecular weight is 224 g/mol. The smallest absolute Gasteiger partial charge is 0.132 e. The van der Waals surface area contributed by atoms with E-state index in [4.69, 9.17) is 10.6 Å². The predicted octanol–water partition coefficient (Wildman–Crippen LogP) is 2.30. The molecule has 0 fully saturated rings. The summed E-state index contributed by atoms with van der Waals surface area (Å²) in [5.41, 5.74) is 7.22. The number of hydrogen-bond donors (Lipinski definition) is 1. The maximum Gasteiger partial charge on any atom is 0.132 e. The molecule has 0 aliphatic heterocycles. The zero-order valence-electron chi connectivity index (χ0n) is 9.61. The van der Waals surface area contributed by atoms with Crippen LogP contribution < -0.4 is 5.73 Å². The van der Waals surface area contributed by atoms with E-state index in [-0.39, 0.29) is 11.9 Å². The Kier molecular flexibility index (Phi) is 4.92. The van der Waals surface area contributed by atoms with Crippen molar-refractivity contribution in [2.75, 3.05) is 6.61 Å². The Bertz CT molecular complexity index is 349. The first-order chi connectivity index (χ1) is 7.63. The van der Waals surface area contributed by atoms with Crippen LogP contribution in [0.15, 0.2) is 29.4 Å². The van der Waals surface area contributed by atoms with E-state index in [9.17, 15) is 4.39 Å². The van der Waals surface area contributed by atoms with E-state index >= 15 is 0 Å². The second kappa shape index (κ2) is 6.23. The highest BCUT2D eigenvalue weighted by Crippen LogP contribution is 2.04. The Morgan fingerprint density at radius 3 is 2.62 bits per heavy atom. The van der Waals surface area contributed by atoms with Crippen LogP contribution in [0.4, 0.5) is 4.39 Å². The summed E-state index contributed by atoms with van der Waals surface area (Å²) in [5, 5.41) is 3.93. The molecule has 0 aliphatic rings. The second-order valence-corrected chi connectivity index (χ2v) is 3.65. The molecule has 1 atom stereocenters. The number of nitrogens with two attached hydrogens (primary N) is 1. The van der Waals surface area contributed by atoms with Gasteiger partial charge < -0.3 is 10.6 Å². The van der Waals surface area contributed by atoms with Crippen molar-refractivity contribution in [3.05, 3.63) is 35.6 Å². The first kappa shape index (κ1) is 12.6. The summed E-state index contributed by atoms with van der Waals surface area (Å²) in [6.45, 7) is 4.20. The van der Waals surface area contributed by atoms with E-state index in [2.05, 4.69) is 5.16 Å². The molecule has 0 heterocycles. The van der Waals surface area contributed by atoms with Gasteiger partial charge in [0.05, 0.1) is 5.71 Å². The van der Waals surface area contributed by atoms with Gasteiger partial charge in [0, 0.05) is 6.04 Å². The lowest BCUT2D eigenvalue weighted by Crippen LogP contribution is -2.24. The SMILES string of the molecule is CCC(N)CON=C(C)c1ccc(F)cc1. The molecule has 1 aromatic rings. The van der Waals surface area contributed by atoms with Crippen molar-refractivity contribution < 1.29 is 9.23 Å². The van der Waals surface area contributed by atoms with Gasteiger partial charge in [-0.15, -0.1) is 0 Å². The zero-order chi connectivity index (χ0) is 12.0. The Labute approximate surface area is 95.1 Å². The van der Waals surface area contributed by atoms with Crippen LogP contribution >= 0.6 is 0 Å². The van der Waals surface area contributed by atoms with Gasteiger partial charge in [-0.3, -0.25) is 0 Å². The number of benzene rings is 1. The fourth-order valence-electron chi connectivity index (χ4n) is 1.09. The van der Waals surface area contributed by atoms with Gasteiger partial charge >= 0.3 is 0 Å². The van der Waals surface area contributed by atoms with Crippen LogP contribution in [0.1, 0.15) is 25.8 Å². The van der Waals surface area contributed by atoms with E-state index < -0.39 is 0 Å². The van der Waals surface area contributed by atoms with E-state index in [1.165, 1.54) is 12.1 Å². The first-order valence-corrected chi connectivity index (χ1v) is 5.31. The molecule has 1 rings (SSSR count). The minimum atomic E-state index is -0.259. The third-order valence-corrected chi connectivity index (χ3v) is 2.28. The van der Waals surface area contributed by atoms with Crippen LogP contribution in [-0.4, -0.2) is 18.4 Å². The monoisotopic (exact) mass is 224 g/mol. The summed E-state index contributed by atoms with van der Waals surface area (Å²) in [4.78, 5) is 5.10. The number of hydrogen-bond acceptors (Lipinski definition) is 3. The van der Waals surface area contributed by atoms with Crippen LogP contribution in [0.5, 0.6) is 0 Å². The largest absolute Gasteiger partial charge is 0.394 e. The van der Waals surface area contributed by atoms with Gasteiger partial charge in [0.1, 0.15) is 12.4 Å². The summed E-state index contributed by atoms with van der Waals surface area (Å²) in [5.74, 6) is -0.259. The molecule has 0 bridgehead atoms. The normalized spacial score (nSPS) is 13.6. The van der Waals surface area contributed by atoms with Gasteiger partial charge in [-0.2, -0.15) is 0 Å². The molecule has 2 N–H and O–H groups in total. The van der Waals surface area contributed by atoms with Crippen molar-refractivity contribution in [3.63, 3.8) is 0 Å². The number of rotatable bonds is 5. The van der Waals surface area contributed by atoms with Gasteiger partial charge in [0.25, 0.3) is 0 Å². The summed E-state index contributed by atoms with van der Waals surface area (Å²) in [6.07, 6.45) is 0.852. The van der Waals surface area contributed by atoms with Crippen LogP contribution in [-0.2, 0) is 4.84 Å². The fraction of sp³-hybridized carbons (Fsp3) is 0.417. The molecule has 0 spiro atoms. The molecule has 0 aliphatic carbocycles. The minimum absolute atomic E-state index is 0.00441. The molecule has 0 amide bonds. The lowest BCUT2D eigenvalue weighted by atomic mass is 10.1. The van der Waals surface area contributed by atoms with Crippen molar-refractivity contribution in [1.82, 2.24) is 0 Å². The third-order valence-electron chi connectivity index (χ3n) is 2.28. The van der Waals surface area contributed by atoms with Gasteiger partial charge in [-0.25, -0.2) is 4.39 Å². The van der Waals surface area contributed by atoms with Crippen molar-refractivity contribution in [3.8, 4) is 0 Å². The molecule has 88 valence electrons. The lowest BCUT2D eigenvalue weighted by molar-refractivity contribution is 0.129. The summed E-state index contributed by atoms with van der Waals surface area (Å²) in [6, 6.07) is 6.12. The van der Waals surface area contributed by atoms with Crippen molar-refractivity contribution in [2.45, 2.75) is 26.3 Å². The molecule has 0 radical (unpaired) electrons. The van der Waals surface area contributed by atoms with Crippen LogP contribution in [0, 0.1) is 5.82 Å². The molecule has 1 aromatic carbocycles. The molecule has 16 heavy (non-hydrogen) atoms. The average Bonchev–Trinajstić information content (AvgIpc) is 2.29. The van der Waals surface area contributed by atoms with Gasteiger partial charge in [-0.05, 0) is 31.0 Å². The molecule has 0 saturated carbocycles. The molecule has 0 aromatic heterocycles. The predicted molar refractivity (Wildman–Crippen MR) is 62.8 cm³/mol. The van der Waals surface area contributed by atoms with Crippen LogP contribution in [0.25, 0.3) is 0 Å². The maximum absolute atomic E-state index is 12.7. The van der Waals surface area contributed by atoms with E-state index in [0.717, 1.165) is 12.0 Å². The molecule has 4 heteroatoms. The Morgan fingerprint density at radius 2 is 2.06 bits per heavy atom. The Morgan fingerprint density at radius 1 is 1.44 bits per heavy atom. The standard InChI is InChI=1S/C12H17FN2O/c1-3-12(14)8-16-15-9(2)10-4-6-11(13)7-5-10/h4-7,12H,3,8,14H2,1-2H3. The minimum Gasteiger partial charge on any atom is -0.394 e. The molecule has 3 nitrogen and oxygen atoms in total.